The lowest BCUT2D eigenvalue weighted by molar-refractivity contribution is -0.134. The van der Waals surface area contributed by atoms with Gasteiger partial charge < -0.3 is 4.74 Å². The number of thiazole rings is 1. The maximum absolute atomic E-state index is 12.8. The second-order valence-corrected chi connectivity index (χ2v) is 8.93. The van der Waals surface area contributed by atoms with Gasteiger partial charge in [-0.25, -0.2) is 4.98 Å². The van der Waals surface area contributed by atoms with Crippen molar-refractivity contribution in [3.63, 3.8) is 0 Å². The molecule has 11 heteroatoms. The third kappa shape index (κ3) is 6.20. The molecule has 33 heavy (non-hydrogen) atoms. The summed E-state index contributed by atoms with van der Waals surface area (Å²) < 4.78 is 44.3. The maximum Gasteiger partial charge on any atom is 0.425 e. The lowest BCUT2D eigenvalue weighted by Gasteiger charge is -2.04. The number of unbranched alkanes of at least 4 members (excludes halogenated alkanes) is 1. The molecule has 2 aromatic heterocycles. The Kier molecular flexibility index (Phi) is 7.09. The Bertz CT molecular complexity index is 1230. The van der Waals surface area contributed by atoms with Crippen LogP contribution in [0.4, 0.5) is 35.4 Å². The van der Waals surface area contributed by atoms with Gasteiger partial charge in [0.1, 0.15) is 15.5 Å². The molecule has 4 rings (SSSR count). The number of halogens is 3. The second-order valence-electron chi connectivity index (χ2n) is 6.89. The minimum Gasteiger partial charge on any atom is -0.494 e. The molecule has 170 valence electrons. The van der Waals surface area contributed by atoms with Crippen molar-refractivity contribution in [3.8, 4) is 5.75 Å². The van der Waals surface area contributed by atoms with Crippen LogP contribution in [-0.2, 0) is 6.18 Å². The molecule has 4 aromatic rings. The van der Waals surface area contributed by atoms with Crippen LogP contribution in [0, 0.1) is 0 Å². The number of hydrogen-bond acceptors (Lipinski definition) is 8. The number of alkyl halides is 3. The van der Waals surface area contributed by atoms with Gasteiger partial charge in [-0.3, -0.25) is 0 Å². The monoisotopic (exact) mass is 489 g/mol. The first-order valence-corrected chi connectivity index (χ1v) is 11.7. The smallest absolute Gasteiger partial charge is 0.425 e. The van der Waals surface area contributed by atoms with Gasteiger partial charge in [0.25, 0.3) is 0 Å². The molecule has 0 atom stereocenters. The molecule has 0 aliphatic heterocycles. The van der Waals surface area contributed by atoms with E-state index >= 15 is 0 Å². The number of aromatic nitrogens is 1. The SMILES string of the molecule is CCCCOc1ccc(N=Nc2ccc(N=Nc3nc4sc(C(F)(F)F)cc4s3)cc2)cc1. The van der Waals surface area contributed by atoms with E-state index in [2.05, 4.69) is 32.4 Å². The number of benzene rings is 2. The largest absolute Gasteiger partial charge is 0.494 e. The zero-order valence-corrected chi connectivity index (χ0v) is 19.0. The van der Waals surface area contributed by atoms with Gasteiger partial charge in [0.15, 0.2) is 0 Å². The molecule has 0 aliphatic rings. The zero-order chi connectivity index (χ0) is 23.3. The molecular formula is C22H18F3N5OS2. The van der Waals surface area contributed by atoms with Crippen LogP contribution in [0.25, 0.3) is 9.53 Å². The van der Waals surface area contributed by atoms with Crippen LogP contribution in [0.15, 0.2) is 75.1 Å². The van der Waals surface area contributed by atoms with Crippen molar-refractivity contribution in [1.82, 2.24) is 4.98 Å². The molecule has 0 bridgehead atoms. The Hall–Kier alpha value is -3.18. The average molecular weight is 490 g/mol. The summed E-state index contributed by atoms with van der Waals surface area (Å²) in [6.07, 6.45) is -2.26. The Morgan fingerprint density at radius 1 is 0.848 bits per heavy atom. The van der Waals surface area contributed by atoms with E-state index in [1.807, 2.05) is 24.3 Å². The maximum atomic E-state index is 12.8. The van der Waals surface area contributed by atoms with E-state index in [0.717, 1.165) is 36.0 Å². The molecule has 2 heterocycles. The first-order valence-electron chi connectivity index (χ1n) is 10.0. The number of hydrogen-bond donors (Lipinski definition) is 0. The van der Waals surface area contributed by atoms with Crippen molar-refractivity contribution in [2.24, 2.45) is 20.5 Å². The summed E-state index contributed by atoms with van der Waals surface area (Å²) in [5.41, 5.74) is 1.92. The third-order valence-electron chi connectivity index (χ3n) is 4.34. The first-order chi connectivity index (χ1) is 15.9. The quantitative estimate of drug-likeness (QED) is 0.183. The number of rotatable bonds is 8. The normalized spacial score (nSPS) is 12.4. The highest BCUT2D eigenvalue weighted by Crippen LogP contribution is 2.41. The fourth-order valence-electron chi connectivity index (χ4n) is 2.65. The highest BCUT2D eigenvalue weighted by molar-refractivity contribution is 7.28. The average Bonchev–Trinajstić information content (AvgIpc) is 3.37. The Labute approximate surface area is 195 Å². The molecule has 0 unspecified atom stereocenters. The molecule has 2 aromatic carbocycles. The van der Waals surface area contributed by atoms with Crippen molar-refractivity contribution in [3.05, 3.63) is 59.5 Å². The van der Waals surface area contributed by atoms with E-state index < -0.39 is 11.1 Å². The van der Waals surface area contributed by atoms with Gasteiger partial charge in [-0.15, -0.1) is 21.6 Å². The van der Waals surface area contributed by atoms with Crippen molar-refractivity contribution in [2.75, 3.05) is 6.61 Å². The van der Waals surface area contributed by atoms with Crippen LogP contribution in [0.2, 0.25) is 0 Å². The summed E-state index contributed by atoms with van der Waals surface area (Å²) in [5, 5.41) is 16.8. The summed E-state index contributed by atoms with van der Waals surface area (Å²) in [6, 6.07) is 15.4. The summed E-state index contributed by atoms with van der Waals surface area (Å²) in [4.78, 5) is 3.74. The zero-order valence-electron chi connectivity index (χ0n) is 17.4. The summed E-state index contributed by atoms with van der Waals surface area (Å²) in [7, 11) is 0. The minimum atomic E-state index is -4.36. The van der Waals surface area contributed by atoms with Crippen molar-refractivity contribution in [1.29, 1.82) is 0 Å². The number of ether oxygens (including phenoxy) is 1. The molecule has 0 saturated heterocycles. The van der Waals surface area contributed by atoms with Crippen LogP contribution < -0.4 is 4.74 Å². The lowest BCUT2D eigenvalue weighted by atomic mass is 10.3. The second kappa shape index (κ2) is 10.2. The van der Waals surface area contributed by atoms with E-state index in [0.29, 0.717) is 49.7 Å². The van der Waals surface area contributed by atoms with Crippen molar-refractivity contribution in [2.45, 2.75) is 25.9 Å². The van der Waals surface area contributed by atoms with Crippen LogP contribution in [0.5, 0.6) is 5.75 Å². The van der Waals surface area contributed by atoms with E-state index in [1.54, 1.807) is 24.3 Å². The molecule has 6 nitrogen and oxygen atoms in total. The highest BCUT2D eigenvalue weighted by atomic mass is 32.1. The molecule has 0 radical (unpaired) electrons. The predicted octanol–water partition coefficient (Wildman–Crippen LogP) is 9.39. The molecule has 0 aliphatic carbocycles. The van der Waals surface area contributed by atoms with Gasteiger partial charge in [-0.05, 0) is 61.0 Å². The van der Waals surface area contributed by atoms with Gasteiger partial charge in [-0.1, -0.05) is 24.7 Å². The Balaban J connectivity index is 1.35. The summed E-state index contributed by atoms with van der Waals surface area (Å²) in [6.45, 7) is 2.81. The number of nitrogens with zero attached hydrogens (tertiary/aromatic N) is 5. The molecule has 0 saturated carbocycles. The fraction of sp³-hybridized carbons (Fsp3) is 0.227. The van der Waals surface area contributed by atoms with Crippen LogP contribution in [0.1, 0.15) is 24.6 Å². The van der Waals surface area contributed by atoms with Gasteiger partial charge >= 0.3 is 6.18 Å². The van der Waals surface area contributed by atoms with Crippen LogP contribution in [-0.4, -0.2) is 11.6 Å². The molecule has 0 amide bonds. The number of fused-ring (bicyclic) bond motifs is 1. The number of thiophene rings is 1. The van der Waals surface area contributed by atoms with E-state index in [9.17, 15) is 13.2 Å². The highest BCUT2D eigenvalue weighted by Gasteiger charge is 2.33. The molecule has 0 N–H and O–H groups in total. The van der Waals surface area contributed by atoms with Gasteiger partial charge in [0, 0.05) is 0 Å². The van der Waals surface area contributed by atoms with Crippen LogP contribution >= 0.6 is 22.7 Å². The Morgan fingerprint density at radius 3 is 1.97 bits per heavy atom. The fourth-order valence-corrected chi connectivity index (χ4v) is 4.55. The molecule has 0 spiro atoms. The van der Waals surface area contributed by atoms with E-state index in [1.165, 1.54) is 0 Å². The van der Waals surface area contributed by atoms with E-state index in [-0.39, 0.29) is 0 Å². The van der Waals surface area contributed by atoms with Gasteiger partial charge in [-0.2, -0.15) is 23.4 Å². The van der Waals surface area contributed by atoms with Crippen molar-refractivity contribution >= 4 is 54.4 Å². The van der Waals surface area contributed by atoms with Gasteiger partial charge in [0.2, 0.25) is 5.13 Å². The van der Waals surface area contributed by atoms with Crippen molar-refractivity contribution < 1.29 is 17.9 Å². The third-order valence-corrected chi connectivity index (χ3v) is 6.43. The summed E-state index contributed by atoms with van der Waals surface area (Å²) >= 11 is 1.67. The minimum absolute atomic E-state index is 0.302. The standard InChI is InChI=1S/C22H18F3N5OS2/c1-2-3-12-31-17-10-8-16(9-11-17)28-27-14-4-6-15(7-5-14)29-30-21-26-20-18(32-21)13-19(33-20)22(23,24)25/h4-11,13H,2-3,12H2,1H3. The predicted molar refractivity (Wildman–Crippen MR) is 124 cm³/mol. The first kappa shape index (κ1) is 23.0. The Morgan fingerprint density at radius 2 is 1.42 bits per heavy atom. The number of azo groups is 2. The summed E-state index contributed by atoms with van der Waals surface area (Å²) in [5.74, 6) is 0.804. The molecule has 0 fully saturated rings. The van der Waals surface area contributed by atoms with Gasteiger partial charge in [0.05, 0.1) is 28.4 Å². The molecular weight excluding hydrogens is 471 g/mol. The van der Waals surface area contributed by atoms with Crippen LogP contribution in [0.3, 0.4) is 0 Å². The topological polar surface area (TPSA) is 71.6 Å². The lowest BCUT2D eigenvalue weighted by Crippen LogP contribution is -2.00. The van der Waals surface area contributed by atoms with E-state index in [4.69, 9.17) is 4.74 Å².